The molecule has 0 aliphatic carbocycles. The third-order valence-corrected chi connectivity index (χ3v) is 7.96. The van der Waals surface area contributed by atoms with Crippen molar-refractivity contribution in [3.05, 3.63) is 72.8 Å². The highest BCUT2D eigenvalue weighted by atomic mass is 16.2. The molecule has 10 nitrogen and oxygen atoms in total. The second-order valence-corrected chi connectivity index (χ2v) is 10.2. The van der Waals surface area contributed by atoms with Gasteiger partial charge in [-0.25, -0.2) is 9.59 Å². The Morgan fingerprint density at radius 2 is 1.54 bits per heavy atom. The SMILES string of the molecule is CCNc1cc2c(cc1C(=O)N1CCC(n3c(=O)c4cc(C)ccc4n(C)c3=O)CC1)n(CC)c(=O)n2CC. The molecule has 0 radical (unpaired) electrons. The zero-order chi connectivity index (χ0) is 28.0. The maximum Gasteiger partial charge on any atom is 0.331 e. The summed E-state index contributed by atoms with van der Waals surface area (Å²) >= 11 is 0. The van der Waals surface area contributed by atoms with Crippen molar-refractivity contribution < 1.29 is 4.79 Å². The van der Waals surface area contributed by atoms with Crippen LogP contribution in [0.25, 0.3) is 21.9 Å². The largest absolute Gasteiger partial charge is 0.385 e. The second-order valence-electron chi connectivity index (χ2n) is 10.2. The van der Waals surface area contributed by atoms with Crippen molar-refractivity contribution in [2.45, 2.75) is 59.7 Å². The Kier molecular flexibility index (Phi) is 6.96. The number of fused-ring (bicyclic) bond motifs is 2. The van der Waals surface area contributed by atoms with Crippen LogP contribution in [0, 0.1) is 6.92 Å². The average molecular weight is 533 g/mol. The lowest BCUT2D eigenvalue weighted by Gasteiger charge is -2.33. The molecule has 5 rings (SSSR count). The molecule has 10 heteroatoms. The number of hydrogen-bond donors (Lipinski definition) is 1. The van der Waals surface area contributed by atoms with Crippen LogP contribution in [0.1, 0.15) is 55.6 Å². The molecule has 1 N–H and O–H groups in total. The maximum atomic E-state index is 13.8. The van der Waals surface area contributed by atoms with E-state index in [4.69, 9.17) is 0 Å². The number of benzene rings is 2. The van der Waals surface area contributed by atoms with Gasteiger partial charge in [0.15, 0.2) is 0 Å². The van der Waals surface area contributed by atoms with Crippen LogP contribution in [-0.2, 0) is 20.1 Å². The van der Waals surface area contributed by atoms with Crippen molar-refractivity contribution in [1.82, 2.24) is 23.2 Å². The number of aromatic nitrogens is 4. The number of rotatable bonds is 6. The number of imidazole rings is 1. The molecule has 2 aromatic carbocycles. The number of hydrogen-bond acceptors (Lipinski definition) is 5. The van der Waals surface area contributed by atoms with Crippen LogP contribution in [0.4, 0.5) is 5.69 Å². The smallest absolute Gasteiger partial charge is 0.331 e. The number of carbonyl (C=O) groups excluding carboxylic acids is 1. The summed E-state index contributed by atoms with van der Waals surface area (Å²) in [5.74, 6) is -0.125. The molecule has 4 aromatic rings. The first-order valence-electron chi connectivity index (χ1n) is 13.7. The van der Waals surface area contributed by atoms with E-state index < -0.39 is 0 Å². The normalized spacial score (nSPS) is 14.4. The molecule has 1 aliphatic rings. The van der Waals surface area contributed by atoms with Gasteiger partial charge in [-0.05, 0) is 64.8 Å². The molecule has 1 saturated heterocycles. The monoisotopic (exact) mass is 532 g/mol. The molecule has 3 heterocycles. The first-order chi connectivity index (χ1) is 18.7. The van der Waals surface area contributed by atoms with Crippen LogP contribution in [0.2, 0.25) is 0 Å². The van der Waals surface area contributed by atoms with E-state index in [2.05, 4.69) is 5.32 Å². The van der Waals surface area contributed by atoms with E-state index in [1.165, 1.54) is 9.13 Å². The third kappa shape index (κ3) is 4.27. The average Bonchev–Trinajstić information content (AvgIpc) is 3.20. The van der Waals surface area contributed by atoms with Gasteiger partial charge in [-0.15, -0.1) is 0 Å². The molecule has 1 fully saturated rings. The van der Waals surface area contributed by atoms with Gasteiger partial charge in [0.2, 0.25) is 0 Å². The molecule has 206 valence electrons. The quantitative estimate of drug-likeness (QED) is 0.411. The summed E-state index contributed by atoms with van der Waals surface area (Å²) < 4.78 is 6.32. The van der Waals surface area contributed by atoms with Crippen molar-refractivity contribution in [3.63, 3.8) is 0 Å². The molecule has 0 bridgehead atoms. The van der Waals surface area contributed by atoms with E-state index in [1.807, 2.05) is 58.0 Å². The van der Waals surface area contributed by atoms with E-state index in [9.17, 15) is 19.2 Å². The molecule has 0 atom stereocenters. The van der Waals surface area contributed by atoms with Crippen molar-refractivity contribution in [3.8, 4) is 0 Å². The predicted molar refractivity (Wildman–Crippen MR) is 154 cm³/mol. The van der Waals surface area contributed by atoms with Crippen molar-refractivity contribution in [1.29, 1.82) is 0 Å². The molecule has 2 aromatic heterocycles. The Morgan fingerprint density at radius 1 is 0.897 bits per heavy atom. The van der Waals surface area contributed by atoms with Crippen LogP contribution in [0.5, 0.6) is 0 Å². The maximum absolute atomic E-state index is 13.8. The van der Waals surface area contributed by atoms with Gasteiger partial charge in [-0.1, -0.05) is 11.6 Å². The number of anilines is 1. The summed E-state index contributed by atoms with van der Waals surface area (Å²) in [5, 5.41) is 3.83. The van der Waals surface area contributed by atoms with Crippen LogP contribution in [0.3, 0.4) is 0 Å². The lowest BCUT2D eigenvalue weighted by molar-refractivity contribution is 0.0692. The summed E-state index contributed by atoms with van der Waals surface area (Å²) in [5.41, 5.74) is 3.65. The Labute approximate surface area is 226 Å². The van der Waals surface area contributed by atoms with Gasteiger partial charge in [0.25, 0.3) is 11.5 Å². The van der Waals surface area contributed by atoms with Gasteiger partial charge < -0.3 is 10.2 Å². The minimum absolute atomic E-state index is 0.0829. The summed E-state index contributed by atoms with van der Waals surface area (Å²) in [4.78, 5) is 55.1. The van der Waals surface area contributed by atoms with Gasteiger partial charge in [0.1, 0.15) is 0 Å². The Balaban J connectivity index is 1.47. The highest BCUT2D eigenvalue weighted by Gasteiger charge is 2.29. The van der Waals surface area contributed by atoms with Crippen molar-refractivity contribution >= 4 is 33.5 Å². The van der Waals surface area contributed by atoms with Crippen LogP contribution >= 0.6 is 0 Å². The fourth-order valence-corrected chi connectivity index (χ4v) is 5.90. The van der Waals surface area contributed by atoms with Gasteiger partial charge >= 0.3 is 11.4 Å². The summed E-state index contributed by atoms with van der Waals surface area (Å²) in [7, 11) is 1.69. The van der Waals surface area contributed by atoms with Crippen molar-refractivity contribution in [2.75, 3.05) is 25.0 Å². The molecule has 0 unspecified atom stereocenters. The molecule has 0 saturated carbocycles. The molecular weight excluding hydrogens is 496 g/mol. The summed E-state index contributed by atoms with van der Waals surface area (Å²) in [6.45, 7) is 10.3. The molecule has 1 amide bonds. The summed E-state index contributed by atoms with van der Waals surface area (Å²) in [6.07, 6.45) is 1.01. The topological polar surface area (TPSA) is 103 Å². The Morgan fingerprint density at radius 3 is 2.15 bits per heavy atom. The minimum Gasteiger partial charge on any atom is -0.385 e. The number of nitrogens with one attached hydrogen (secondary N) is 1. The zero-order valence-corrected chi connectivity index (χ0v) is 23.3. The standard InChI is InChI=1S/C29H36N6O4/c1-6-30-22-17-25-24(33(7-2)29(39)34(25)8-3)16-20(22)26(36)32-13-11-19(12-14-32)35-27(37)21-15-18(4)9-10-23(21)31(5)28(35)38/h9-10,15-17,19,30H,6-8,11-14H2,1-5H3. The number of nitrogens with zero attached hydrogens (tertiary/aromatic N) is 5. The molecule has 39 heavy (non-hydrogen) atoms. The van der Waals surface area contributed by atoms with Gasteiger partial charge in [-0.2, -0.15) is 0 Å². The number of likely N-dealkylation sites (tertiary alicyclic amines) is 1. The van der Waals surface area contributed by atoms with Crippen LogP contribution in [0.15, 0.2) is 44.7 Å². The molecule has 0 spiro atoms. The van der Waals surface area contributed by atoms with Crippen LogP contribution in [-0.4, -0.2) is 48.7 Å². The lowest BCUT2D eigenvalue weighted by atomic mass is 10.0. The van der Waals surface area contributed by atoms with E-state index in [1.54, 1.807) is 21.1 Å². The number of piperidine rings is 1. The van der Waals surface area contributed by atoms with E-state index in [0.717, 1.165) is 16.6 Å². The minimum atomic E-state index is -0.334. The highest BCUT2D eigenvalue weighted by molar-refractivity contribution is 6.03. The predicted octanol–water partition coefficient (Wildman–Crippen LogP) is 3.07. The highest BCUT2D eigenvalue weighted by Crippen LogP contribution is 2.28. The van der Waals surface area contributed by atoms with Gasteiger partial charge in [0.05, 0.1) is 27.5 Å². The fourth-order valence-electron chi connectivity index (χ4n) is 5.90. The summed E-state index contributed by atoms with van der Waals surface area (Å²) in [6, 6.07) is 8.97. The first kappa shape index (κ1) is 26.5. The Hall–Kier alpha value is -4.08. The van der Waals surface area contributed by atoms with Crippen LogP contribution < -0.4 is 22.3 Å². The third-order valence-electron chi connectivity index (χ3n) is 7.96. The fraction of sp³-hybridized carbons (Fsp3) is 0.448. The first-order valence-corrected chi connectivity index (χ1v) is 13.7. The number of amides is 1. The second kappa shape index (κ2) is 10.2. The van der Waals surface area contributed by atoms with Crippen molar-refractivity contribution in [2.24, 2.45) is 7.05 Å². The zero-order valence-electron chi connectivity index (χ0n) is 23.3. The van der Waals surface area contributed by atoms with E-state index in [-0.39, 0.29) is 28.9 Å². The Bertz CT molecular complexity index is 1770. The number of carbonyl (C=O) groups is 1. The number of aryl methyl sites for hydroxylation is 4. The molecule has 1 aliphatic heterocycles. The molecular formula is C29H36N6O4. The van der Waals surface area contributed by atoms with Gasteiger partial charge in [0, 0.05) is 51.5 Å². The van der Waals surface area contributed by atoms with E-state index >= 15 is 0 Å². The van der Waals surface area contributed by atoms with Gasteiger partial charge in [-0.3, -0.25) is 27.9 Å². The van der Waals surface area contributed by atoms with E-state index in [0.29, 0.717) is 67.7 Å². The lowest BCUT2D eigenvalue weighted by Crippen LogP contribution is -2.46.